The third-order valence-electron chi connectivity index (χ3n) is 3.67. The highest BCUT2D eigenvalue weighted by atomic mass is 16.5. The summed E-state index contributed by atoms with van der Waals surface area (Å²) in [7, 11) is 1.62. The molecule has 1 amide bonds. The number of hydrogen-bond donors (Lipinski definition) is 1. The summed E-state index contributed by atoms with van der Waals surface area (Å²) in [5.74, 6) is -1.27. The maximum atomic E-state index is 12.6. The summed E-state index contributed by atoms with van der Waals surface area (Å²) in [6.45, 7) is 2.83. The van der Waals surface area contributed by atoms with E-state index >= 15 is 0 Å². The molecule has 1 aromatic heterocycles. The van der Waals surface area contributed by atoms with Gasteiger partial charge in [0.15, 0.2) is 0 Å². The molecule has 0 aliphatic carbocycles. The minimum Gasteiger partial charge on any atom is -0.478 e. The van der Waals surface area contributed by atoms with Crippen LogP contribution in [0.2, 0.25) is 0 Å². The van der Waals surface area contributed by atoms with Crippen LogP contribution >= 0.6 is 0 Å². The number of carbonyl (C=O) groups excluding carboxylic acids is 1. The monoisotopic (exact) mass is 292 g/mol. The van der Waals surface area contributed by atoms with E-state index in [0.29, 0.717) is 18.8 Å². The van der Waals surface area contributed by atoms with E-state index in [1.807, 2.05) is 0 Å². The first-order chi connectivity index (χ1) is 10.0. The van der Waals surface area contributed by atoms with Gasteiger partial charge in [-0.25, -0.2) is 9.78 Å². The van der Waals surface area contributed by atoms with E-state index in [1.54, 1.807) is 18.9 Å². The SMILES string of the molecule is COCC1CCCCN1C(=O)c1cc(C(=O)O)cc(C)n1. The molecule has 1 aliphatic heterocycles. The number of carboxylic acids is 1. The standard InChI is InChI=1S/C15H20N2O4/c1-10-7-11(15(19)20)8-13(16-10)14(18)17-6-4-3-5-12(17)9-21-2/h7-8,12H,3-6,9H2,1-2H3,(H,19,20). The Balaban J connectivity index is 2.27. The number of pyridine rings is 1. The van der Waals surface area contributed by atoms with Gasteiger partial charge in [-0.05, 0) is 38.3 Å². The zero-order valence-corrected chi connectivity index (χ0v) is 12.3. The Morgan fingerprint density at radius 3 is 2.86 bits per heavy atom. The van der Waals surface area contributed by atoms with Gasteiger partial charge in [-0.1, -0.05) is 0 Å². The summed E-state index contributed by atoms with van der Waals surface area (Å²) in [6.07, 6.45) is 2.92. The van der Waals surface area contributed by atoms with E-state index in [-0.39, 0.29) is 23.2 Å². The molecule has 6 nitrogen and oxygen atoms in total. The molecule has 2 heterocycles. The lowest BCUT2D eigenvalue weighted by Crippen LogP contribution is -2.46. The van der Waals surface area contributed by atoms with Gasteiger partial charge in [0.2, 0.25) is 0 Å². The summed E-state index contributed by atoms with van der Waals surface area (Å²) in [5.41, 5.74) is 0.806. The van der Waals surface area contributed by atoms with Crippen LogP contribution in [0.5, 0.6) is 0 Å². The van der Waals surface area contributed by atoms with Crippen LogP contribution in [0.25, 0.3) is 0 Å². The smallest absolute Gasteiger partial charge is 0.335 e. The fourth-order valence-electron chi connectivity index (χ4n) is 2.68. The minimum absolute atomic E-state index is 0.0341. The second-order valence-electron chi connectivity index (χ2n) is 5.29. The number of nitrogens with zero attached hydrogens (tertiary/aromatic N) is 2. The largest absolute Gasteiger partial charge is 0.478 e. The molecule has 0 saturated carbocycles. The molecule has 2 rings (SSSR count). The van der Waals surface area contributed by atoms with E-state index in [9.17, 15) is 9.59 Å². The Kier molecular flexibility index (Phi) is 4.90. The molecule has 1 saturated heterocycles. The Hall–Kier alpha value is -1.95. The van der Waals surface area contributed by atoms with Crippen molar-refractivity contribution in [1.29, 1.82) is 0 Å². The van der Waals surface area contributed by atoms with Crippen molar-refractivity contribution in [2.75, 3.05) is 20.3 Å². The number of aromatic nitrogens is 1. The van der Waals surface area contributed by atoms with Gasteiger partial charge in [0.25, 0.3) is 5.91 Å². The Morgan fingerprint density at radius 1 is 1.43 bits per heavy atom. The number of amides is 1. The summed E-state index contributed by atoms with van der Waals surface area (Å²) in [5, 5.41) is 9.09. The van der Waals surface area contributed by atoms with Gasteiger partial charge >= 0.3 is 5.97 Å². The number of hydrogen-bond acceptors (Lipinski definition) is 4. The summed E-state index contributed by atoms with van der Waals surface area (Å²) in [6, 6.07) is 2.84. The molecule has 0 aromatic carbocycles. The number of aromatic carboxylic acids is 1. The maximum Gasteiger partial charge on any atom is 0.335 e. The van der Waals surface area contributed by atoms with Crippen LogP contribution in [-0.4, -0.2) is 53.2 Å². The fraction of sp³-hybridized carbons (Fsp3) is 0.533. The van der Waals surface area contributed by atoms with Gasteiger partial charge in [-0.3, -0.25) is 4.79 Å². The summed E-state index contributed by atoms with van der Waals surface area (Å²) >= 11 is 0. The van der Waals surface area contributed by atoms with Gasteiger partial charge in [-0.2, -0.15) is 0 Å². The van der Waals surface area contributed by atoms with Crippen LogP contribution in [0, 0.1) is 6.92 Å². The average Bonchev–Trinajstić information content (AvgIpc) is 2.47. The molecule has 1 N–H and O–H groups in total. The molecule has 1 unspecified atom stereocenters. The predicted molar refractivity (Wildman–Crippen MR) is 76.5 cm³/mol. The number of rotatable bonds is 4. The van der Waals surface area contributed by atoms with Gasteiger partial charge < -0.3 is 14.7 Å². The number of methoxy groups -OCH3 is 1. The van der Waals surface area contributed by atoms with Crippen molar-refractivity contribution in [2.45, 2.75) is 32.2 Å². The van der Waals surface area contributed by atoms with Crippen molar-refractivity contribution in [1.82, 2.24) is 9.88 Å². The van der Waals surface area contributed by atoms with Gasteiger partial charge in [-0.15, -0.1) is 0 Å². The molecule has 0 spiro atoms. The zero-order valence-electron chi connectivity index (χ0n) is 12.3. The van der Waals surface area contributed by atoms with Crippen molar-refractivity contribution < 1.29 is 19.4 Å². The van der Waals surface area contributed by atoms with Crippen molar-refractivity contribution in [2.24, 2.45) is 0 Å². The normalized spacial score (nSPS) is 18.6. The predicted octanol–water partition coefficient (Wildman–Crippen LogP) is 1.73. The number of ether oxygens (including phenoxy) is 1. The van der Waals surface area contributed by atoms with Crippen molar-refractivity contribution in [3.8, 4) is 0 Å². The van der Waals surface area contributed by atoms with E-state index in [4.69, 9.17) is 9.84 Å². The second kappa shape index (κ2) is 6.67. The van der Waals surface area contributed by atoms with Crippen molar-refractivity contribution in [3.63, 3.8) is 0 Å². The highest BCUT2D eigenvalue weighted by molar-refractivity contribution is 5.96. The number of carbonyl (C=O) groups is 2. The van der Waals surface area contributed by atoms with Crippen LogP contribution in [-0.2, 0) is 4.74 Å². The van der Waals surface area contributed by atoms with Crippen LogP contribution in [0.4, 0.5) is 0 Å². The second-order valence-corrected chi connectivity index (χ2v) is 5.29. The first-order valence-electron chi connectivity index (χ1n) is 7.05. The molecule has 6 heteroatoms. The molecule has 0 radical (unpaired) electrons. The van der Waals surface area contributed by atoms with Crippen LogP contribution in [0.1, 0.15) is 45.8 Å². The third-order valence-corrected chi connectivity index (χ3v) is 3.67. The Labute approximate surface area is 123 Å². The lowest BCUT2D eigenvalue weighted by molar-refractivity contribution is 0.0423. The van der Waals surface area contributed by atoms with E-state index in [1.165, 1.54) is 12.1 Å². The lowest BCUT2D eigenvalue weighted by Gasteiger charge is -2.35. The summed E-state index contributed by atoms with van der Waals surface area (Å²) in [4.78, 5) is 29.7. The van der Waals surface area contributed by atoms with Crippen molar-refractivity contribution >= 4 is 11.9 Å². The van der Waals surface area contributed by atoms with E-state index < -0.39 is 5.97 Å². The summed E-state index contributed by atoms with van der Waals surface area (Å²) < 4.78 is 5.17. The quantitative estimate of drug-likeness (QED) is 0.914. The number of aryl methyl sites for hydroxylation is 1. The maximum absolute atomic E-state index is 12.6. The number of piperidine rings is 1. The van der Waals surface area contributed by atoms with Crippen molar-refractivity contribution in [3.05, 3.63) is 29.1 Å². The fourth-order valence-corrected chi connectivity index (χ4v) is 2.68. The molecule has 1 aliphatic rings. The van der Waals surface area contributed by atoms with Crippen LogP contribution in [0.15, 0.2) is 12.1 Å². The molecule has 21 heavy (non-hydrogen) atoms. The van der Waals surface area contributed by atoms with Gasteiger partial charge in [0.05, 0.1) is 18.2 Å². The molecule has 0 bridgehead atoms. The Morgan fingerprint density at radius 2 is 2.19 bits per heavy atom. The molecule has 1 aromatic rings. The highest BCUT2D eigenvalue weighted by Gasteiger charge is 2.28. The number of likely N-dealkylation sites (tertiary alicyclic amines) is 1. The van der Waals surface area contributed by atoms with Crippen LogP contribution < -0.4 is 0 Å². The average molecular weight is 292 g/mol. The minimum atomic E-state index is -1.05. The first-order valence-corrected chi connectivity index (χ1v) is 7.05. The van der Waals surface area contributed by atoms with E-state index in [0.717, 1.165) is 19.3 Å². The molecular weight excluding hydrogens is 272 g/mol. The molecular formula is C15H20N2O4. The van der Waals surface area contributed by atoms with Gasteiger partial charge in [0, 0.05) is 19.3 Å². The zero-order chi connectivity index (χ0) is 15.4. The number of carboxylic acid groups (broad SMARTS) is 1. The Bertz CT molecular complexity index is 542. The van der Waals surface area contributed by atoms with Gasteiger partial charge in [0.1, 0.15) is 5.69 Å². The third kappa shape index (κ3) is 3.58. The van der Waals surface area contributed by atoms with Crippen LogP contribution in [0.3, 0.4) is 0 Å². The highest BCUT2D eigenvalue weighted by Crippen LogP contribution is 2.20. The first kappa shape index (κ1) is 15.4. The topological polar surface area (TPSA) is 79.7 Å². The molecule has 1 fully saturated rings. The molecule has 1 atom stereocenters. The lowest BCUT2D eigenvalue weighted by atomic mass is 10.0. The van der Waals surface area contributed by atoms with E-state index in [2.05, 4.69) is 4.98 Å². The molecule has 114 valence electrons.